The summed E-state index contributed by atoms with van der Waals surface area (Å²) < 4.78 is 6.84. The Bertz CT molecular complexity index is 763. The first-order chi connectivity index (χ1) is 12.1. The van der Waals surface area contributed by atoms with Gasteiger partial charge in [0.1, 0.15) is 6.42 Å². The van der Waals surface area contributed by atoms with Gasteiger partial charge in [-0.25, -0.2) is 9.48 Å². The third kappa shape index (κ3) is 5.39. The lowest BCUT2D eigenvalue weighted by atomic mass is 10.2. The number of nitrogens with zero attached hydrogens (tertiary/aromatic N) is 5. The summed E-state index contributed by atoms with van der Waals surface area (Å²) in [4.78, 5) is 23.4. The summed E-state index contributed by atoms with van der Waals surface area (Å²) in [5.41, 5.74) is 0.839. The highest BCUT2D eigenvalue weighted by atomic mass is 16.5. The second-order valence-corrected chi connectivity index (χ2v) is 5.21. The molecule has 0 aliphatic rings. The summed E-state index contributed by atoms with van der Waals surface area (Å²) >= 11 is 0. The van der Waals surface area contributed by atoms with E-state index >= 15 is 0 Å². The van der Waals surface area contributed by atoms with Crippen LogP contribution >= 0.6 is 0 Å². The number of aromatic nitrogens is 4. The molecule has 0 atom stereocenters. The molecule has 0 unspecified atom stereocenters. The number of unbranched alkanes of at least 4 members (excludes halogenated alkanes) is 1. The van der Waals surface area contributed by atoms with Crippen LogP contribution in [0.5, 0.6) is 0 Å². The fraction of sp³-hybridized carbons (Fsp3) is 0.375. The third-order valence-electron chi connectivity index (χ3n) is 3.31. The zero-order valence-corrected chi connectivity index (χ0v) is 13.8. The van der Waals surface area contributed by atoms with E-state index in [4.69, 9.17) is 10.00 Å². The molecule has 0 fully saturated rings. The SMILES string of the molecule is CCCCn1nnnc1COC(=O)c1ccc(NC(=O)CC#N)cc1. The van der Waals surface area contributed by atoms with E-state index in [1.54, 1.807) is 22.9 Å². The van der Waals surface area contributed by atoms with E-state index in [0.29, 0.717) is 23.6 Å². The number of benzene rings is 1. The van der Waals surface area contributed by atoms with Crippen LogP contribution in [0.15, 0.2) is 24.3 Å². The Morgan fingerprint density at radius 2 is 2.08 bits per heavy atom. The van der Waals surface area contributed by atoms with Gasteiger partial charge in [0.15, 0.2) is 12.4 Å². The minimum atomic E-state index is -0.514. The molecule has 9 heteroatoms. The zero-order chi connectivity index (χ0) is 18.1. The second-order valence-electron chi connectivity index (χ2n) is 5.21. The highest BCUT2D eigenvalue weighted by Crippen LogP contribution is 2.11. The molecule has 0 bridgehead atoms. The number of carbonyl (C=O) groups excluding carboxylic acids is 2. The quantitative estimate of drug-likeness (QED) is 0.724. The van der Waals surface area contributed by atoms with Crippen LogP contribution in [0.4, 0.5) is 5.69 Å². The monoisotopic (exact) mass is 342 g/mol. The second kappa shape index (κ2) is 9.12. The number of hydrogen-bond donors (Lipinski definition) is 1. The number of anilines is 1. The number of tetrazole rings is 1. The first-order valence-corrected chi connectivity index (χ1v) is 7.83. The molecular formula is C16H18N6O3. The highest BCUT2D eigenvalue weighted by molar-refractivity contribution is 5.93. The predicted molar refractivity (Wildman–Crippen MR) is 87.1 cm³/mol. The summed E-state index contributed by atoms with van der Waals surface area (Å²) in [6, 6.07) is 7.96. The van der Waals surface area contributed by atoms with Gasteiger partial charge in [-0.3, -0.25) is 4.79 Å². The Morgan fingerprint density at radius 1 is 1.32 bits per heavy atom. The average Bonchev–Trinajstić information content (AvgIpc) is 3.06. The van der Waals surface area contributed by atoms with Gasteiger partial charge in [0.05, 0.1) is 11.6 Å². The molecule has 0 spiro atoms. The molecule has 25 heavy (non-hydrogen) atoms. The van der Waals surface area contributed by atoms with E-state index in [0.717, 1.165) is 12.8 Å². The molecule has 2 aromatic rings. The summed E-state index contributed by atoms with van der Waals surface area (Å²) in [6.45, 7) is 2.72. The number of esters is 1. The Morgan fingerprint density at radius 3 is 2.76 bits per heavy atom. The summed E-state index contributed by atoms with van der Waals surface area (Å²) in [5.74, 6) is -0.432. The van der Waals surface area contributed by atoms with Crippen LogP contribution in [0, 0.1) is 11.3 Å². The maximum Gasteiger partial charge on any atom is 0.338 e. The minimum Gasteiger partial charge on any atom is -0.454 e. The number of aryl methyl sites for hydroxylation is 1. The standard InChI is InChI=1S/C16H18N6O3/c1-2-3-10-22-14(19-20-21-22)11-25-16(24)12-4-6-13(7-5-12)18-15(23)8-9-17/h4-7H,2-3,8,10-11H2,1H3,(H,18,23). The lowest BCUT2D eigenvalue weighted by Crippen LogP contribution is -2.12. The van der Waals surface area contributed by atoms with E-state index in [1.165, 1.54) is 12.1 Å². The lowest BCUT2D eigenvalue weighted by Gasteiger charge is -2.07. The molecular weight excluding hydrogens is 324 g/mol. The third-order valence-corrected chi connectivity index (χ3v) is 3.31. The molecule has 130 valence electrons. The minimum absolute atomic E-state index is 0.0177. The topological polar surface area (TPSA) is 123 Å². The fourth-order valence-electron chi connectivity index (χ4n) is 1.99. The maximum absolute atomic E-state index is 12.1. The number of amides is 1. The maximum atomic E-state index is 12.1. The van der Waals surface area contributed by atoms with Gasteiger partial charge < -0.3 is 10.1 Å². The van der Waals surface area contributed by atoms with Gasteiger partial charge in [0.2, 0.25) is 5.91 Å². The van der Waals surface area contributed by atoms with E-state index in [2.05, 4.69) is 27.8 Å². The number of nitrogens with one attached hydrogen (secondary N) is 1. The van der Waals surface area contributed by atoms with Crippen molar-refractivity contribution in [2.75, 3.05) is 5.32 Å². The Labute approximate surface area is 144 Å². The summed E-state index contributed by atoms with van der Waals surface area (Å²) in [6.07, 6.45) is 1.72. The van der Waals surface area contributed by atoms with Crippen LogP contribution in [0.25, 0.3) is 0 Å². The first-order valence-electron chi connectivity index (χ1n) is 7.83. The van der Waals surface area contributed by atoms with Gasteiger partial charge >= 0.3 is 5.97 Å². The van der Waals surface area contributed by atoms with Crippen LogP contribution in [0.2, 0.25) is 0 Å². The number of rotatable bonds is 8. The van der Waals surface area contributed by atoms with Crippen molar-refractivity contribution in [3.63, 3.8) is 0 Å². The van der Waals surface area contributed by atoms with Gasteiger partial charge in [-0.05, 0) is 41.1 Å². The zero-order valence-electron chi connectivity index (χ0n) is 13.8. The smallest absolute Gasteiger partial charge is 0.338 e. The number of hydrogen-bond acceptors (Lipinski definition) is 7. The number of nitriles is 1. The molecule has 0 saturated carbocycles. The number of carbonyl (C=O) groups is 2. The first kappa shape index (κ1) is 18.1. The normalized spacial score (nSPS) is 10.1. The highest BCUT2D eigenvalue weighted by Gasteiger charge is 2.12. The summed E-state index contributed by atoms with van der Waals surface area (Å²) in [7, 11) is 0. The van der Waals surface area contributed by atoms with Crippen molar-refractivity contribution >= 4 is 17.6 Å². The van der Waals surface area contributed by atoms with Crippen LogP contribution < -0.4 is 5.32 Å². The largest absolute Gasteiger partial charge is 0.454 e. The number of ether oxygens (including phenoxy) is 1. The molecule has 1 N–H and O–H groups in total. The molecule has 0 radical (unpaired) electrons. The van der Waals surface area contributed by atoms with Gasteiger partial charge in [-0.1, -0.05) is 13.3 Å². The molecule has 0 aliphatic heterocycles. The Kier molecular flexibility index (Phi) is 6.59. The molecule has 9 nitrogen and oxygen atoms in total. The molecule has 1 aromatic heterocycles. The summed E-state index contributed by atoms with van der Waals surface area (Å²) in [5, 5.41) is 22.3. The molecule has 1 amide bonds. The van der Waals surface area contributed by atoms with Crippen LogP contribution in [-0.4, -0.2) is 32.1 Å². The van der Waals surface area contributed by atoms with Crippen LogP contribution in [0.3, 0.4) is 0 Å². The van der Waals surface area contributed by atoms with Gasteiger partial charge in [0, 0.05) is 12.2 Å². The van der Waals surface area contributed by atoms with E-state index < -0.39 is 11.9 Å². The predicted octanol–water partition coefficient (Wildman–Crippen LogP) is 1.68. The Balaban J connectivity index is 1.90. The van der Waals surface area contributed by atoms with Crippen LogP contribution in [-0.2, 0) is 22.7 Å². The van der Waals surface area contributed by atoms with E-state index in [9.17, 15) is 9.59 Å². The van der Waals surface area contributed by atoms with Gasteiger partial charge in [0.25, 0.3) is 0 Å². The van der Waals surface area contributed by atoms with Crippen molar-refractivity contribution < 1.29 is 14.3 Å². The van der Waals surface area contributed by atoms with Crippen molar-refractivity contribution in [3.8, 4) is 6.07 Å². The lowest BCUT2D eigenvalue weighted by molar-refractivity contribution is -0.115. The van der Waals surface area contributed by atoms with Gasteiger partial charge in [-0.15, -0.1) is 5.10 Å². The molecule has 1 heterocycles. The fourth-order valence-corrected chi connectivity index (χ4v) is 1.99. The Hall–Kier alpha value is -3.28. The molecule has 2 rings (SSSR count). The van der Waals surface area contributed by atoms with Crippen molar-refractivity contribution in [2.24, 2.45) is 0 Å². The van der Waals surface area contributed by atoms with Crippen molar-refractivity contribution in [1.82, 2.24) is 20.2 Å². The van der Waals surface area contributed by atoms with Crippen molar-refractivity contribution in [2.45, 2.75) is 39.3 Å². The average molecular weight is 342 g/mol. The molecule has 0 saturated heterocycles. The van der Waals surface area contributed by atoms with E-state index in [-0.39, 0.29) is 13.0 Å². The van der Waals surface area contributed by atoms with Gasteiger partial charge in [-0.2, -0.15) is 5.26 Å². The molecule has 1 aromatic carbocycles. The molecule has 0 aliphatic carbocycles. The van der Waals surface area contributed by atoms with Crippen molar-refractivity contribution in [3.05, 3.63) is 35.7 Å². The van der Waals surface area contributed by atoms with Crippen LogP contribution in [0.1, 0.15) is 42.4 Å². The van der Waals surface area contributed by atoms with Crippen molar-refractivity contribution in [1.29, 1.82) is 5.26 Å². The van der Waals surface area contributed by atoms with E-state index in [1.807, 2.05) is 0 Å².